The molecule has 0 bridgehead atoms. The molecule has 0 amide bonds. The van der Waals surface area contributed by atoms with Crippen molar-refractivity contribution in [1.29, 1.82) is 0 Å². The maximum Gasteiger partial charge on any atom is 0.198 e. The SMILES string of the molecule is Cn1cc(C(=O)c2ccc(Br)cc2F)c2ccccc21. The van der Waals surface area contributed by atoms with Crippen molar-refractivity contribution in [2.24, 2.45) is 7.05 Å². The Morgan fingerprint density at radius 1 is 1.15 bits per heavy atom. The molecule has 0 aliphatic heterocycles. The second kappa shape index (κ2) is 4.87. The van der Waals surface area contributed by atoms with Gasteiger partial charge < -0.3 is 4.57 Å². The highest BCUT2D eigenvalue weighted by Crippen LogP contribution is 2.25. The van der Waals surface area contributed by atoms with Crippen molar-refractivity contribution in [1.82, 2.24) is 4.57 Å². The van der Waals surface area contributed by atoms with Crippen molar-refractivity contribution in [3.05, 3.63) is 70.1 Å². The summed E-state index contributed by atoms with van der Waals surface area (Å²) >= 11 is 3.19. The fourth-order valence-electron chi connectivity index (χ4n) is 2.34. The first-order valence-electron chi connectivity index (χ1n) is 6.12. The number of aryl methyl sites for hydroxylation is 1. The molecule has 0 atom stereocenters. The van der Waals surface area contributed by atoms with Gasteiger partial charge in [-0.1, -0.05) is 34.1 Å². The highest BCUT2D eigenvalue weighted by atomic mass is 79.9. The van der Waals surface area contributed by atoms with Gasteiger partial charge in [0.2, 0.25) is 0 Å². The first kappa shape index (κ1) is 13.1. The Bertz CT molecular complexity index is 822. The number of carbonyl (C=O) groups is 1. The summed E-state index contributed by atoms with van der Waals surface area (Å²) in [5.41, 5.74) is 1.56. The van der Waals surface area contributed by atoms with Crippen LogP contribution >= 0.6 is 15.9 Å². The van der Waals surface area contributed by atoms with E-state index in [1.54, 1.807) is 12.3 Å². The van der Waals surface area contributed by atoms with Gasteiger partial charge in [0.1, 0.15) is 5.82 Å². The third-order valence-electron chi connectivity index (χ3n) is 3.32. The zero-order valence-electron chi connectivity index (χ0n) is 10.7. The van der Waals surface area contributed by atoms with Gasteiger partial charge in [0.25, 0.3) is 0 Å². The maximum absolute atomic E-state index is 13.9. The minimum atomic E-state index is -0.516. The number of hydrogen-bond acceptors (Lipinski definition) is 1. The van der Waals surface area contributed by atoms with Crippen molar-refractivity contribution >= 4 is 32.6 Å². The highest BCUT2D eigenvalue weighted by Gasteiger charge is 2.18. The van der Waals surface area contributed by atoms with E-state index in [0.717, 1.165) is 10.9 Å². The van der Waals surface area contributed by atoms with Gasteiger partial charge in [0.05, 0.1) is 5.56 Å². The third-order valence-corrected chi connectivity index (χ3v) is 3.81. The molecule has 1 aromatic heterocycles. The van der Waals surface area contributed by atoms with Gasteiger partial charge in [-0.3, -0.25) is 4.79 Å². The molecular weight excluding hydrogens is 321 g/mol. The lowest BCUT2D eigenvalue weighted by Crippen LogP contribution is -2.03. The van der Waals surface area contributed by atoms with E-state index in [1.165, 1.54) is 12.1 Å². The molecule has 0 spiro atoms. The molecule has 100 valence electrons. The fourth-order valence-corrected chi connectivity index (χ4v) is 2.67. The van der Waals surface area contributed by atoms with Crippen LogP contribution in [0.25, 0.3) is 10.9 Å². The lowest BCUT2D eigenvalue weighted by molar-refractivity contribution is 0.103. The van der Waals surface area contributed by atoms with Crippen LogP contribution in [0.1, 0.15) is 15.9 Å². The molecule has 0 saturated heterocycles. The molecule has 3 aromatic rings. The molecular formula is C16H11BrFNO. The van der Waals surface area contributed by atoms with E-state index in [4.69, 9.17) is 0 Å². The minimum absolute atomic E-state index is 0.0875. The van der Waals surface area contributed by atoms with E-state index < -0.39 is 5.82 Å². The Morgan fingerprint density at radius 2 is 1.90 bits per heavy atom. The summed E-state index contributed by atoms with van der Waals surface area (Å²) in [5.74, 6) is -0.816. The van der Waals surface area contributed by atoms with Gasteiger partial charge in [-0.25, -0.2) is 4.39 Å². The van der Waals surface area contributed by atoms with E-state index in [1.807, 2.05) is 35.9 Å². The van der Waals surface area contributed by atoms with E-state index in [9.17, 15) is 9.18 Å². The number of nitrogens with zero attached hydrogens (tertiary/aromatic N) is 1. The average Bonchev–Trinajstić information content (AvgIpc) is 2.76. The van der Waals surface area contributed by atoms with E-state index >= 15 is 0 Å². The summed E-state index contributed by atoms with van der Waals surface area (Å²) in [5, 5.41) is 0.835. The predicted molar refractivity (Wildman–Crippen MR) is 80.5 cm³/mol. The first-order valence-corrected chi connectivity index (χ1v) is 6.91. The molecule has 4 heteroatoms. The summed E-state index contributed by atoms with van der Waals surface area (Å²) in [4.78, 5) is 12.5. The number of hydrogen-bond donors (Lipinski definition) is 0. The molecule has 1 heterocycles. The van der Waals surface area contributed by atoms with Crippen LogP contribution in [0.15, 0.2) is 53.1 Å². The number of ketones is 1. The highest BCUT2D eigenvalue weighted by molar-refractivity contribution is 9.10. The Labute approximate surface area is 124 Å². The minimum Gasteiger partial charge on any atom is -0.350 e. The van der Waals surface area contributed by atoms with Crippen LogP contribution in [-0.4, -0.2) is 10.4 Å². The van der Waals surface area contributed by atoms with Crippen molar-refractivity contribution in [2.45, 2.75) is 0 Å². The predicted octanol–water partition coefficient (Wildman–Crippen LogP) is 4.31. The van der Waals surface area contributed by atoms with Crippen LogP contribution in [-0.2, 0) is 7.05 Å². The van der Waals surface area contributed by atoms with Gasteiger partial charge in [-0.2, -0.15) is 0 Å². The fraction of sp³-hybridized carbons (Fsp3) is 0.0625. The third kappa shape index (κ3) is 2.06. The summed E-state index contributed by atoms with van der Waals surface area (Å²) in [6.07, 6.45) is 1.74. The van der Waals surface area contributed by atoms with Crippen LogP contribution in [0.2, 0.25) is 0 Å². The zero-order valence-corrected chi connectivity index (χ0v) is 12.3. The normalized spacial score (nSPS) is 10.9. The van der Waals surface area contributed by atoms with E-state index in [0.29, 0.717) is 10.0 Å². The van der Waals surface area contributed by atoms with Crippen molar-refractivity contribution in [3.63, 3.8) is 0 Å². The van der Waals surface area contributed by atoms with Crippen molar-refractivity contribution < 1.29 is 9.18 Å². The monoisotopic (exact) mass is 331 g/mol. The van der Waals surface area contributed by atoms with Crippen molar-refractivity contribution in [2.75, 3.05) is 0 Å². The number of aromatic nitrogens is 1. The summed E-state index contributed by atoms with van der Waals surface area (Å²) in [6, 6.07) is 12.1. The molecule has 0 aliphatic rings. The number of fused-ring (bicyclic) bond motifs is 1. The lowest BCUT2D eigenvalue weighted by Gasteiger charge is -2.02. The Morgan fingerprint density at radius 3 is 2.65 bits per heavy atom. The lowest BCUT2D eigenvalue weighted by atomic mass is 10.0. The smallest absolute Gasteiger partial charge is 0.198 e. The molecule has 0 unspecified atom stereocenters. The number of para-hydroxylation sites is 1. The number of halogens is 2. The van der Waals surface area contributed by atoms with E-state index in [2.05, 4.69) is 15.9 Å². The first-order chi connectivity index (χ1) is 9.58. The second-order valence-corrected chi connectivity index (χ2v) is 5.54. The van der Waals surface area contributed by atoms with Gasteiger partial charge >= 0.3 is 0 Å². The Kier molecular flexibility index (Phi) is 3.18. The van der Waals surface area contributed by atoms with Crippen LogP contribution in [0.5, 0.6) is 0 Å². The Balaban J connectivity index is 2.18. The average molecular weight is 332 g/mol. The van der Waals surface area contributed by atoms with E-state index in [-0.39, 0.29) is 11.3 Å². The van der Waals surface area contributed by atoms with Crippen LogP contribution in [0, 0.1) is 5.82 Å². The molecule has 0 aliphatic carbocycles. The molecule has 2 aromatic carbocycles. The van der Waals surface area contributed by atoms with Gasteiger partial charge in [-0.15, -0.1) is 0 Å². The molecule has 0 radical (unpaired) electrons. The molecule has 20 heavy (non-hydrogen) atoms. The van der Waals surface area contributed by atoms with Crippen molar-refractivity contribution in [3.8, 4) is 0 Å². The molecule has 3 rings (SSSR count). The van der Waals surface area contributed by atoms with Crippen LogP contribution in [0.4, 0.5) is 4.39 Å². The second-order valence-electron chi connectivity index (χ2n) is 4.62. The topological polar surface area (TPSA) is 22.0 Å². The van der Waals surface area contributed by atoms with Gasteiger partial charge in [-0.05, 0) is 24.3 Å². The quantitative estimate of drug-likeness (QED) is 0.641. The molecule has 0 saturated carbocycles. The number of carbonyl (C=O) groups excluding carboxylic acids is 1. The largest absolute Gasteiger partial charge is 0.350 e. The summed E-state index contributed by atoms with van der Waals surface area (Å²) in [6.45, 7) is 0. The van der Waals surface area contributed by atoms with Crippen LogP contribution in [0.3, 0.4) is 0 Å². The number of rotatable bonds is 2. The summed E-state index contributed by atoms with van der Waals surface area (Å²) < 4.78 is 16.4. The molecule has 2 nitrogen and oxygen atoms in total. The van der Waals surface area contributed by atoms with Crippen LogP contribution < -0.4 is 0 Å². The standard InChI is InChI=1S/C16H11BrFNO/c1-19-9-13(11-4-2-3-5-15(11)19)16(20)12-7-6-10(17)8-14(12)18/h2-9H,1H3. The molecule has 0 fully saturated rings. The zero-order chi connectivity index (χ0) is 14.3. The number of benzene rings is 2. The van der Waals surface area contributed by atoms with Gasteiger partial charge in [0, 0.05) is 34.2 Å². The molecule has 0 N–H and O–H groups in total. The summed E-state index contributed by atoms with van der Waals surface area (Å²) in [7, 11) is 1.87. The van der Waals surface area contributed by atoms with Gasteiger partial charge in [0.15, 0.2) is 5.78 Å². The Hall–Kier alpha value is -1.94. The maximum atomic E-state index is 13.9.